The van der Waals surface area contributed by atoms with Crippen molar-refractivity contribution in [2.45, 2.75) is 33.7 Å². The van der Waals surface area contributed by atoms with E-state index >= 15 is 0 Å². The number of carbonyl (C=O) groups is 1. The molecule has 18 heavy (non-hydrogen) atoms. The molecule has 1 amide bonds. The van der Waals surface area contributed by atoms with Crippen LogP contribution in [0.4, 0.5) is 0 Å². The van der Waals surface area contributed by atoms with Gasteiger partial charge in [0.1, 0.15) is 0 Å². The molecule has 1 fully saturated rings. The zero-order valence-electron chi connectivity index (χ0n) is 11.3. The van der Waals surface area contributed by atoms with Crippen molar-refractivity contribution in [2.75, 3.05) is 11.9 Å². The van der Waals surface area contributed by atoms with Crippen LogP contribution >= 0.6 is 15.9 Å². The van der Waals surface area contributed by atoms with Crippen LogP contribution in [0, 0.1) is 26.7 Å². The Hall–Kier alpha value is -0.830. The molecule has 98 valence electrons. The van der Waals surface area contributed by atoms with Gasteiger partial charge in [0.15, 0.2) is 0 Å². The molecule has 1 aromatic carbocycles. The molecule has 3 heteroatoms. The van der Waals surface area contributed by atoms with Gasteiger partial charge in [0.2, 0.25) is 5.91 Å². The van der Waals surface area contributed by atoms with Crippen LogP contribution in [0.2, 0.25) is 0 Å². The molecule has 2 nitrogen and oxygen atoms in total. The summed E-state index contributed by atoms with van der Waals surface area (Å²) in [5.41, 5.74) is 5.19. The summed E-state index contributed by atoms with van der Waals surface area (Å²) in [5.74, 6) is 0.766. The van der Waals surface area contributed by atoms with Gasteiger partial charge in [0, 0.05) is 24.8 Å². The minimum Gasteiger partial charge on any atom is -0.338 e. The minimum absolute atomic E-state index is 0.291. The van der Waals surface area contributed by atoms with Crippen LogP contribution in [0.5, 0.6) is 0 Å². The van der Waals surface area contributed by atoms with E-state index in [9.17, 15) is 4.79 Å². The second kappa shape index (κ2) is 5.43. The topological polar surface area (TPSA) is 20.3 Å². The highest BCUT2D eigenvalue weighted by molar-refractivity contribution is 9.09. The number of halogens is 1. The second-order valence-corrected chi connectivity index (χ2v) is 6.02. The van der Waals surface area contributed by atoms with E-state index in [4.69, 9.17) is 0 Å². The molecule has 1 unspecified atom stereocenters. The smallest absolute Gasteiger partial charge is 0.223 e. The summed E-state index contributed by atoms with van der Waals surface area (Å²) in [5, 5.41) is 0.918. The summed E-state index contributed by atoms with van der Waals surface area (Å²) >= 11 is 3.48. The lowest BCUT2D eigenvalue weighted by molar-refractivity contribution is -0.128. The molecule has 0 radical (unpaired) electrons. The normalized spacial score (nSPS) is 19.7. The number of amides is 1. The van der Waals surface area contributed by atoms with Crippen molar-refractivity contribution in [3.63, 3.8) is 0 Å². The van der Waals surface area contributed by atoms with Crippen LogP contribution in [0.3, 0.4) is 0 Å². The fraction of sp³-hybridized carbons (Fsp3) is 0.533. The largest absolute Gasteiger partial charge is 0.338 e. The molecule has 0 saturated carbocycles. The van der Waals surface area contributed by atoms with Crippen molar-refractivity contribution in [1.82, 2.24) is 4.90 Å². The molecule has 0 aliphatic carbocycles. The Balaban J connectivity index is 2.17. The Morgan fingerprint density at radius 3 is 2.39 bits per heavy atom. The van der Waals surface area contributed by atoms with Crippen molar-refractivity contribution in [2.24, 2.45) is 5.92 Å². The van der Waals surface area contributed by atoms with Crippen molar-refractivity contribution in [3.05, 3.63) is 34.4 Å². The quantitative estimate of drug-likeness (QED) is 0.784. The van der Waals surface area contributed by atoms with Crippen molar-refractivity contribution >= 4 is 21.8 Å². The lowest BCUT2D eigenvalue weighted by atomic mass is 9.99. The molecule has 1 aliphatic rings. The van der Waals surface area contributed by atoms with E-state index in [1.807, 2.05) is 4.90 Å². The van der Waals surface area contributed by atoms with Crippen LogP contribution in [0.15, 0.2) is 12.1 Å². The third kappa shape index (κ3) is 2.77. The third-order valence-electron chi connectivity index (χ3n) is 3.70. The van der Waals surface area contributed by atoms with Crippen molar-refractivity contribution in [1.29, 1.82) is 0 Å². The minimum atomic E-state index is 0.291. The average molecular weight is 310 g/mol. The third-order valence-corrected chi connectivity index (χ3v) is 4.62. The average Bonchev–Trinajstić information content (AvgIpc) is 2.64. The number of nitrogens with zero attached hydrogens (tertiary/aromatic N) is 1. The molecule has 0 aromatic heterocycles. The number of likely N-dealkylation sites (tertiary alicyclic amines) is 1. The first-order chi connectivity index (χ1) is 8.51. The summed E-state index contributed by atoms with van der Waals surface area (Å²) < 4.78 is 0. The number of hydrogen-bond donors (Lipinski definition) is 0. The maximum absolute atomic E-state index is 11.9. The molecule has 0 bridgehead atoms. The Morgan fingerprint density at radius 2 is 1.89 bits per heavy atom. The maximum atomic E-state index is 11.9. The molecule has 2 rings (SSSR count). The summed E-state index contributed by atoms with van der Waals surface area (Å²) in [6.07, 6.45) is 0.690. The summed E-state index contributed by atoms with van der Waals surface area (Å²) in [6, 6.07) is 4.40. The number of carbonyl (C=O) groups excluding carboxylic acids is 1. The zero-order chi connectivity index (χ0) is 13.3. The SMILES string of the molecule is Cc1cc(C)c(CN2CC(CBr)CC2=O)c(C)c1. The summed E-state index contributed by atoms with van der Waals surface area (Å²) in [7, 11) is 0. The highest BCUT2D eigenvalue weighted by Gasteiger charge is 2.29. The monoisotopic (exact) mass is 309 g/mol. The molecular formula is C15H20BrNO. The Bertz CT molecular complexity index is 447. The van der Waals surface area contributed by atoms with Gasteiger partial charge in [0.25, 0.3) is 0 Å². The van der Waals surface area contributed by atoms with Crippen LogP contribution in [-0.2, 0) is 11.3 Å². The van der Waals surface area contributed by atoms with Gasteiger partial charge in [-0.05, 0) is 43.4 Å². The fourth-order valence-electron chi connectivity index (χ4n) is 2.76. The van der Waals surface area contributed by atoms with Crippen LogP contribution in [-0.4, -0.2) is 22.7 Å². The maximum Gasteiger partial charge on any atom is 0.223 e. The number of hydrogen-bond acceptors (Lipinski definition) is 1. The van der Waals surface area contributed by atoms with Gasteiger partial charge in [-0.25, -0.2) is 0 Å². The molecule has 1 atom stereocenters. The van der Waals surface area contributed by atoms with Gasteiger partial charge >= 0.3 is 0 Å². The molecule has 0 spiro atoms. The molecular weight excluding hydrogens is 290 g/mol. The first-order valence-electron chi connectivity index (χ1n) is 6.41. The van der Waals surface area contributed by atoms with Crippen LogP contribution in [0.1, 0.15) is 28.7 Å². The predicted octanol–water partition coefficient (Wildman–Crippen LogP) is 3.36. The summed E-state index contributed by atoms with van der Waals surface area (Å²) in [4.78, 5) is 13.9. The van der Waals surface area contributed by atoms with Gasteiger partial charge in [-0.1, -0.05) is 33.6 Å². The Morgan fingerprint density at radius 1 is 1.28 bits per heavy atom. The van der Waals surface area contributed by atoms with Crippen LogP contribution < -0.4 is 0 Å². The number of alkyl halides is 1. The van der Waals surface area contributed by atoms with E-state index in [1.54, 1.807) is 0 Å². The molecule has 1 saturated heterocycles. The van der Waals surface area contributed by atoms with Gasteiger partial charge in [-0.3, -0.25) is 4.79 Å². The van der Waals surface area contributed by atoms with E-state index in [2.05, 4.69) is 48.8 Å². The van der Waals surface area contributed by atoms with Crippen molar-refractivity contribution in [3.8, 4) is 0 Å². The highest BCUT2D eigenvalue weighted by atomic mass is 79.9. The standard InChI is InChI=1S/C15H20BrNO/c1-10-4-11(2)14(12(3)5-10)9-17-8-13(7-16)6-15(17)18/h4-5,13H,6-9H2,1-3H3. The molecule has 1 heterocycles. The number of aryl methyl sites for hydroxylation is 3. The van der Waals surface area contributed by atoms with Gasteiger partial charge in [-0.2, -0.15) is 0 Å². The summed E-state index contributed by atoms with van der Waals surface area (Å²) in [6.45, 7) is 8.04. The molecule has 1 aromatic rings. The highest BCUT2D eigenvalue weighted by Crippen LogP contribution is 2.24. The first kappa shape index (κ1) is 13.6. The van der Waals surface area contributed by atoms with E-state index in [0.29, 0.717) is 18.2 Å². The van der Waals surface area contributed by atoms with Gasteiger partial charge < -0.3 is 4.90 Å². The van der Waals surface area contributed by atoms with Crippen LogP contribution in [0.25, 0.3) is 0 Å². The van der Waals surface area contributed by atoms with E-state index in [1.165, 1.54) is 22.3 Å². The lowest BCUT2D eigenvalue weighted by Gasteiger charge is -2.20. The van der Waals surface area contributed by atoms with Crippen molar-refractivity contribution < 1.29 is 4.79 Å². The van der Waals surface area contributed by atoms with Gasteiger partial charge in [0.05, 0.1) is 0 Å². The first-order valence-corrected chi connectivity index (χ1v) is 7.54. The molecule has 1 aliphatic heterocycles. The van der Waals surface area contributed by atoms with E-state index < -0.39 is 0 Å². The Labute approximate surface area is 117 Å². The van der Waals surface area contributed by atoms with E-state index in [-0.39, 0.29) is 0 Å². The second-order valence-electron chi connectivity index (χ2n) is 5.38. The zero-order valence-corrected chi connectivity index (χ0v) is 12.9. The predicted molar refractivity (Wildman–Crippen MR) is 78.0 cm³/mol. The number of rotatable bonds is 3. The number of benzene rings is 1. The Kier molecular flexibility index (Phi) is 4.10. The fourth-order valence-corrected chi connectivity index (χ4v) is 3.19. The van der Waals surface area contributed by atoms with E-state index in [0.717, 1.165) is 18.4 Å². The lowest BCUT2D eigenvalue weighted by Crippen LogP contribution is -2.25. The van der Waals surface area contributed by atoms with Gasteiger partial charge in [-0.15, -0.1) is 0 Å². The molecule has 0 N–H and O–H groups in total.